The zero-order valence-corrected chi connectivity index (χ0v) is 7.23. The zero-order chi connectivity index (χ0) is 11.6. The van der Waals surface area contributed by atoms with Gasteiger partial charge in [-0.15, -0.1) is 0 Å². The van der Waals surface area contributed by atoms with Crippen molar-refractivity contribution in [1.29, 1.82) is 0 Å². The maximum atomic E-state index is 12.0. The monoisotopic (exact) mass is 221 g/mol. The number of alkyl halides is 3. The molecule has 0 aliphatic carbocycles. The van der Waals surface area contributed by atoms with Gasteiger partial charge in [0.1, 0.15) is 0 Å². The molecule has 0 aliphatic rings. The predicted molar refractivity (Wildman–Crippen MR) is 44.1 cm³/mol. The van der Waals surface area contributed by atoms with Gasteiger partial charge in [0.05, 0.1) is 4.92 Å². The van der Waals surface area contributed by atoms with Crippen LogP contribution in [0.1, 0.15) is 11.7 Å². The van der Waals surface area contributed by atoms with Gasteiger partial charge in [0, 0.05) is 12.1 Å². The molecular formula is C8H6F3NO3. The molecule has 82 valence electrons. The van der Waals surface area contributed by atoms with Gasteiger partial charge < -0.3 is 5.11 Å². The van der Waals surface area contributed by atoms with Crippen molar-refractivity contribution in [2.45, 2.75) is 12.3 Å². The molecule has 0 saturated carbocycles. The van der Waals surface area contributed by atoms with E-state index in [2.05, 4.69) is 0 Å². The smallest absolute Gasteiger partial charge is 0.379 e. The molecule has 1 rings (SSSR count). The molecule has 1 aromatic rings. The van der Waals surface area contributed by atoms with E-state index < -0.39 is 28.5 Å². The number of non-ortho nitro benzene ring substituents is 1. The van der Waals surface area contributed by atoms with E-state index >= 15 is 0 Å². The second kappa shape index (κ2) is 3.85. The number of benzene rings is 1. The van der Waals surface area contributed by atoms with Crippen molar-refractivity contribution in [2.24, 2.45) is 0 Å². The Bertz CT molecular complexity index is 378. The lowest BCUT2D eigenvalue weighted by atomic mass is 10.1. The minimum absolute atomic E-state index is 0.490. The Morgan fingerprint density at radius 2 is 2.00 bits per heavy atom. The van der Waals surface area contributed by atoms with Crippen molar-refractivity contribution in [3.05, 3.63) is 39.9 Å². The van der Waals surface area contributed by atoms with Gasteiger partial charge in [-0.25, -0.2) is 0 Å². The van der Waals surface area contributed by atoms with Crippen LogP contribution in [0.25, 0.3) is 0 Å². The molecule has 1 aromatic carbocycles. The minimum Gasteiger partial charge on any atom is -0.379 e. The van der Waals surface area contributed by atoms with Gasteiger partial charge in [-0.05, 0) is 5.56 Å². The maximum Gasteiger partial charge on any atom is 0.418 e. The molecule has 1 atom stereocenters. The Morgan fingerprint density at radius 3 is 2.47 bits per heavy atom. The maximum absolute atomic E-state index is 12.0. The van der Waals surface area contributed by atoms with Gasteiger partial charge in [-0.1, -0.05) is 12.1 Å². The summed E-state index contributed by atoms with van der Waals surface area (Å²) in [6.45, 7) is 0. The molecule has 0 heterocycles. The first kappa shape index (κ1) is 11.4. The molecule has 4 nitrogen and oxygen atoms in total. The second-order valence-corrected chi connectivity index (χ2v) is 2.80. The van der Waals surface area contributed by atoms with E-state index in [1.807, 2.05) is 0 Å². The van der Waals surface area contributed by atoms with Gasteiger partial charge in [0.2, 0.25) is 0 Å². The van der Waals surface area contributed by atoms with E-state index in [1.54, 1.807) is 0 Å². The number of nitro benzene ring substituents is 1. The molecule has 0 aliphatic heterocycles. The first-order valence-corrected chi connectivity index (χ1v) is 3.81. The van der Waals surface area contributed by atoms with Crippen LogP contribution in [0.2, 0.25) is 0 Å². The van der Waals surface area contributed by atoms with E-state index in [4.69, 9.17) is 5.11 Å². The summed E-state index contributed by atoms with van der Waals surface area (Å²) >= 11 is 0. The highest BCUT2D eigenvalue weighted by Crippen LogP contribution is 2.33. The number of nitro groups is 1. The normalized spacial score (nSPS) is 13.6. The summed E-state index contributed by atoms with van der Waals surface area (Å²) in [4.78, 5) is 9.44. The highest BCUT2D eigenvalue weighted by atomic mass is 19.4. The molecule has 1 N–H and O–H groups in total. The Balaban J connectivity index is 3.06. The molecule has 15 heavy (non-hydrogen) atoms. The van der Waals surface area contributed by atoms with Crippen LogP contribution in [0, 0.1) is 10.1 Å². The van der Waals surface area contributed by atoms with Gasteiger partial charge >= 0.3 is 6.18 Å². The molecule has 0 bridgehead atoms. The highest BCUT2D eigenvalue weighted by Gasteiger charge is 2.39. The second-order valence-electron chi connectivity index (χ2n) is 2.80. The van der Waals surface area contributed by atoms with Crippen LogP contribution in [-0.4, -0.2) is 16.2 Å². The lowest BCUT2D eigenvalue weighted by Gasteiger charge is -2.14. The van der Waals surface area contributed by atoms with Crippen LogP contribution >= 0.6 is 0 Å². The fourth-order valence-corrected chi connectivity index (χ4v) is 0.997. The Morgan fingerprint density at radius 1 is 1.40 bits per heavy atom. The molecular weight excluding hydrogens is 215 g/mol. The van der Waals surface area contributed by atoms with Crippen LogP contribution < -0.4 is 0 Å². The zero-order valence-electron chi connectivity index (χ0n) is 7.23. The quantitative estimate of drug-likeness (QED) is 0.615. The van der Waals surface area contributed by atoms with Crippen LogP contribution in [0.15, 0.2) is 24.3 Å². The molecule has 0 fully saturated rings. The number of rotatable bonds is 2. The van der Waals surface area contributed by atoms with Gasteiger partial charge in [0.25, 0.3) is 5.69 Å². The SMILES string of the molecule is O=[N+]([O-])c1cccc([C@@H](O)C(F)(F)F)c1. The minimum atomic E-state index is -4.82. The molecule has 0 saturated heterocycles. The number of aliphatic hydroxyl groups is 1. The third-order valence-electron chi connectivity index (χ3n) is 1.71. The molecule has 7 heteroatoms. The first-order chi connectivity index (χ1) is 6.82. The standard InChI is InChI=1S/C8H6F3NO3/c9-8(10,11)7(13)5-2-1-3-6(4-5)12(14)15/h1-4,7,13H/t7-/m1/s1. The van der Waals surface area contributed by atoms with Crippen molar-refractivity contribution in [1.82, 2.24) is 0 Å². The lowest BCUT2D eigenvalue weighted by molar-refractivity contribution is -0.385. The number of hydrogen-bond donors (Lipinski definition) is 1. The Hall–Kier alpha value is -1.63. The first-order valence-electron chi connectivity index (χ1n) is 3.81. The Kier molecular flexibility index (Phi) is 2.94. The number of aliphatic hydroxyl groups excluding tert-OH is 1. The van der Waals surface area contributed by atoms with E-state index in [0.717, 1.165) is 18.2 Å². The van der Waals surface area contributed by atoms with Crippen LogP contribution in [0.5, 0.6) is 0 Å². The summed E-state index contributed by atoms with van der Waals surface area (Å²) in [7, 11) is 0. The summed E-state index contributed by atoms with van der Waals surface area (Å²) in [6, 6.07) is 3.80. The van der Waals surface area contributed by atoms with Crippen molar-refractivity contribution in [2.75, 3.05) is 0 Å². The largest absolute Gasteiger partial charge is 0.418 e. The number of nitrogens with zero attached hydrogens (tertiary/aromatic N) is 1. The molecule has 0 unspecified atom stereocenters. The van der Waals surface area contributed by atoms with Gasteiger partial charge in [-0.3, -0.25) is 10.1 Å². The topological polar surface area (TPSA) is 63.4 Å². The summed E-state index contributed by atoms with van der Waals surface area (Å²) in [5.41, 5.74) is -1.03. The Labute approximate surface area is 82.1 Å². The van der Waals surface area contributed by atoms with E-state index in [-0.39, 0.29) is 0 Å². The molecule has 0 spiro atoms. The van der Waals surface area contributed by atoms with Crippen molar-refractivity contribution >= 4 is 5.69 Å². The van der Waals surface area contributed by atoms with Crippen LogP contribution in [0.4, 0.5) is 18.9 Å². The molecule has 0 amide bonds. The predicted octanol–water partition coefficient (Wildman–Crippen LogP) is 2.19. The fourth-order valence-electron chi connectivity index (χ4n) is 0.997. The van der Waals surface area contributed by atoms with E-state index in [0.29, 0.717) is 6.07 Å². The third kappa shape index (κ3) is 2.66. The van der Waals surface area contributed by atoms with E-state index in [9.17, 15) is 23.3 Å². The van der Waals surface area contributed by atoms with Crippen molar-refractivity contribution in [3.8, 4) is 0 Å². The summed E-state index contributed by atoms with van der Waals surface area (Å²) < 4.78 is 36.1. The average Bonchev–Trinajstić information content (AvgIpc) is 2.15. The van der Waals surface area contributed by atoms with Gasteiger partial charge in [-0.2, -0.15) is 13.2 Å². The van der Waals surface area contributed by atoms with E-state index in [1.165, 1.54) is 0 Å². The van der Waals surface area contributed by atoms with Crippen LogP contribution in [0.3, 0.4) is 0 Å². The number of hydrogen-bond acceptors (Lipinski definition) is 3. The summed E-state index contributed by atoms with van der Waals surface area (Å²) in [5.74, 6) is 0. The third-order valence-corrected chi connectivity index (χ3v) is 1.71. The van der Waals surface area contributed by atoms with Crippen molar-refractivity contribution < 1.29 is 23.2 Å². The fraction of sp³-hybridized carbons (Fsp3) is 0.250. The van der Waals surface area contributed by atoms with Crippen LogP contribution in [-0.2, 0) is 0 Å². The van der Waals surface area contributed by atoms with Crippen molar-refractivity contribution in [3.63, 3.8) is 0 Å². The molecule has 0 aromatic heterocycles. The summed E-state index contributed by atoms with van der Waals surface area (Å²) in [6.07, 6.45) is -7.52. The average molecular weight is 221 g/mol. The van der Waals surface area contributed by atoms with Gasteiger partial charge in [0.15, 0.2) is 6.10 Å². The molecule has 0 radical (unpaired) electrons. The summed E-state index contributed by atoms with van der Waals surface area (Å²) in [5, 5.41) is 19.1. The lowest BCUT2D eigenvalue weighted by Crippen LogP contribution is -2.20. The number of halogens is 3. The highest BCUT2D eigenvalue weighted by molar-refractivity contribution is 5.35.